The van der Waals surface area contributed by atoms with Crippen molar-refractivity contribution >= 4 is 26.0 Å². The van der Waals surface area contributed by atoms with Crippen LogP contribution in [0.2, 0.25) is 18.6 Å². The molecule has 1 spiro atoms. The maximum Gasteiger partial charge on any atom is 0.305 e. The summed E-state index contributed by atoms with van der Waals surface area (Å²) in [4.78, 5) is 41.2. The van der Waals surface area contributed by atoms with Gasteiger partial charge in [0.1, 0.15) is 0 Å². The number of carbonyl (C=O) groups is 2. The van der Waals surface area contributed by atoms with E-state index in [4.69, 9.17) is 14.2 Å². The smallest absolute Gasteiger partial charge is 0.305 e. The largest absolute Gasteiger partial charge is 0.491 e. The number of benzene rings is 1. The number of methoxy groups -OCH3 is 2. The Hall–Kier alpha value is -3.88. The molecule has 248 valence electrons. The number of esters is 1. The molecule has 2 aromatic heterocycles. The number of rotatable bonds is 13. The van der Waals surface area contributed by atoms with E-state index in [9.17, 15) is 19.5 Å². The van der Waals surface area contributed by atoms with Gasteiger partial charge in [-0.15, -0.1) is 5.10 Å². The molecule has 2 aliphatic rings. The molecule has 14 heteroatoms. The molecule has 46 heavy (non-hydrogen) atoms. The number of aliphatic hydroxyl groups excluding tert-OH is 1. The number of fused-ring (bicyclic) bond motifs is 2. The summed E-state index contributed by atoms with van der Waals surface area (Å²) in [6.45, 7) is 5.87. The van der Waals surface area contributed by atoms with Crippen molar-refractivity contribution in [2.75, 3.05) is 32.3 Å². The lowest BCUT2D eigenvalue weighted by atomic mass is 9.82. The third-order valence-electron chi connectivity index (χ3n) is 9.19. The molecule has 2 aliphatic heterocycles. The lowest BCUT2D eigenvalue weighted by molar-refractivity contribution is -0.146. The lowest BCUT2D eigenvalue weighted by Crippen LogP contribution is -2.45. The molecule has 0 saturated carbocycles. The third-order valence-corrected chi connectivity index (χ3v) is 11.6. The topological polar surface area (TPSA) is 138 Å². The van der Waals surface area contributed by atoms with Gasteiger partial charge in [0.05, 0.1) is 31.7 Å². The number of halogens is 1. The second kappa shape index (κ2) is 13.5. The average Bonchev–Trinajstić information content (AvgIpc) is 3.67. The Morgan fingerprint density at radius 3 is 2.65 bits per heavy atom. The highest BCUT2D eigenvalue weighted by atomic mass is 28.4. The van der Waals surface area contributed by atoms with Gasteiger partial charge in [-0.3, -0.25) is 23.6 Å². The van der Waals surface area contributed by atoms with Gasteiger partial charge in [0.15, 0.2) is 11.4 Å². The van der Waals surface area contributed by atoms with Crippen molar-refractivity contribution in [2.45, 2.75) is 75.9 Å². The molecule has 1 aromatic carbocycles. The first kappa shape index (κ1) is 33.5. The van der Waals surface area contributed by atoms with Crippen molar-refractivity contribution in [1.29, 1.82) is 0 Å². The predicted molar refractivity (Wildman–Crippen MR) is 170 cm³/mol. The van der Waals surface area contributed by atoms with Crippen LogP contribution in [0.5, 0.6) is 5.75 Å². The highest BCUT2D eigenvalue weighted by Gasteiger charge is 2.66. The van der Waals surface area contributed by atoms with Gasteiger partial charge in [0.2, 0.25) is 8.41 Å². The molecule has 4 heterocycles. The summed E-state index contributed by atoms with van der Waals surface area (Å²) >= 11 is 0. The number of unbranched alkanes of at least 4 members (excludes halogenated alkanes) is 1. The van der Waals surface area contributed by atoms with Crippen LogP contribution in [0.3, 0.4) is 0 Å². The summed E-state index contributed by atoms with van der Waals surface area (Å²) in [5, 5.41) is 17.5. The van der Waals surface area contributed by atoms with Crippen molar-refractivity contribution < 1.29 is 33.0 Å². The predicted octanol–water partition coefficient (Wildman–Crippen LogP) is 3.53. The number of aryl methyl sites for hydroxylation is 1. The monoisotopic (exact) mass is 655 g/mol. The van der Waals surface area contributed by atoms with E-state index in [0.29, 0.717) is 61.4 Å². The van der Waals surface area contributed by atoms with Crippen molar-refractivity contribution in [3.63, 3.8) is 0 Å². The normalized spacial score (nSPS) is 22.5. The quantitative estimate of drug-likeness (QED) is 0.127. The van der Waals surface area contributed by atoms with Crippen LogP contribution in [-0.2, 0) is 37.6 Å². The molecule has 1 fully saturated rings. The van der Waals surface area contributed by atoms with Gasteiger partial charge in [-0.05, 0) is 62.7 Å². The van der Waals surface area contributed by atoms with Crippen molar-refractivity contribution in [3.05, 3.63) is 64.3 Å². The average molecular weight is 656 g/mol. The summed E-state index contributed by atoms with van der Waals surface area (Å²) < 4.78 is 36.2. The molecule has 0 aliphatic carbocycles. The fourth-order valence-corrected chi connectivity index (χ4v) is 9.63. The Kier molecular flexibility index (Phi) is 9.80. The number of nitrogens with zero attached hydrogens (tertiary/aromatic N) is 5. The first-order chi connectivity index (χ1) is 22.0. The number of aliphatic hydroxyl groups is 1. The standard InChI is InChI=1S/C32H42FN5O7Si/c1-21-29(46(4,5)33)26(13-17-36-20-22(14-18-39)34-35-36)45-32(21)24-19-23(37-16-8-9-27(43-2)30(37)41)11-12-25(24)38(31(32)42)15-7-6-10-28(40)44-3/h8-9,11-12,16,19-21,26,29,39H,6-7,10,13-15,17-18H2,1-5H3/t21-,26+,29-,32+/m1/s1. The Morgan fingerprint density at radius 2 is 1.96 bits per heavy atom. The van der Waals surface area contributed by atoms with Crippen molar-refractivity contribution in [1.82, 2.24) is 19.6 Å². The second-order valence-electron chi connectivity index (χ2n) is 12.4. The minimum absolute atomic E-state index is 0.0429. The van der Waals surface area contributed by atoms with E-state index in [1.165, 1.54) is 18.8 Å². The second-order valence-corrected chi connectivity index (χ2v) is 16.2. The number of pyridine rings is 1. The van der Waals surface area contributed by atoms with Gasteiger partial charge < -0.3 is 28.3 Å². The van der Waals surface area contributed by atoms with Crippen molar-refractivity contribution in [3.8, 4) is 11.4 Å². The molecule has 4 atom stereocenters. The number of aromatic nitrogens is 4. The Bertz CT molecular complexity index is 1640. The summed E-state index contributed by atoms with van der Waals surface area (Å²) in [6, 6.07) is 8.66. The minimum atomic E-state index is -3.41. The minimum Gasteiger partial charge on any atom is -0.491 e. The van der Waals surface area contributed by atoms with Crippen LogP contribution in [0.4, 0.5) is 9.80 Å². The van der Waals surface area contributed by atoms with Gasteiger partial charge in [-0.1, -0.05) is 12.1 Å². The fraction of sp³-hybridized carbons (Fsp3) is 0.531. The van der Waals surface area contributed by atoms with Crippen LogP contribution in [0.25, 0.3) is 5.69 Å². The van der Waals surface area contributed by atoms with E-state index in [2.05, 4.69) is 10.3 Å². The third kappa shape index (κ3) is 6.12. The summed E-state index contributed by atoms with van der Waals surface area (Å²) in [6.07, 6.45) is 4.87. The molecule has 1 saturated heterocycles. The van der Waals surface area contributed by atoms with Gasteiger partial charge in [0.25, 0.3) is 11.5 Å². The van der Waals surface area contributed by atoms with Gasteiger partial charge in [0, 0.05) is 67.6 Å². The summed E-state index contributed by atoms with van der Waals surface area (Å²) in [7, 11) is -0.634. The van der Waals surface area contributed by atoms with Crippen LogP contribution in [-0.4, -0.2) is 78.4 Å². The van der Waals surface area contributed by atoms with Crippen LogP contribution >= 0.6 is 0 Å². The molecule has 12 nitrogen and oxygen atoms in total. The number of amides is 1. The molecule has 5 rings (SSSR count). The zero-order chi connectivity index (χ0) is 33.2. The highest BCUT2D eigenvalue weighted by Crippen LogP contribution is 2.60. The molecular formula is C32H42FN5O7Si. The fourth-order valence-electron chi connectivity index (χ4n) is 7.09. The van der Waals surface area contributed by atoms with Crippen LogP contribution in [0.15, 0.2) is 47.5 Å². The lowest BCUT2D eigenvalue weighted by Gasteiger charge is -2.31. The van der Waals surface area contributed by atoms with Gasteiger partial charge in [-0.25, -0.2) is 0 Å². The zero-order valence-corrected chi connectivity index (χ0v) is 27.9. The van der Waals surface area contributed by atoms with E-state index in [1.54, 1.807) is 65.4 Å². The van der Waals surface area contributed by atoms with E-state index in [0.717, 1.165) is 0 Å². The van der Waals surface area contributed by atoms with E-state index in [1.807, 2.05) is 6.92 Å². The van der Waals surface area contributed by atoms with Crippen LogP contribution < -0.4 is 15.2 Å². The van der Waals surface area contributed by atoms with Crippen molar-refractivity contribution in [2.24, 2.45) is 5.92 Å². The number of anilines is 1. The maximum atomic E-state index is 16.3. The SMILES string of the molecule is COC(=O)CCCCN1C(=O)[C@@]2(O[C@@H](CCn3cc(CCO)nn3)[C@H]([Si](C)(C)F)[C@H]2C)c2cc(-n3cccc(OC)c3=O)ccc21. The Balaban J connectivity index is 1.55. The molecule has 3 aromatic rings. The number of hydrogen-bond acceptors (Lipinski definition) is 9. The summed E-state index contributed by atoms with van der Waals surface area (Å²) in [5.41, 5.74) is 0.0383. The molecular weight excluding hydrogens is 613 g/mol. The molecule has 1 amide bonds. The Morgan fingerprint density at radius 1 is 1.17 bits per heavy atom. The molecule has 0 radical (unpaired) electrons. The van der Waals surface area contributed by atoms with E-state index in [-0.39, 0.29) is 36.2 Å². The maximum absolute atomic E-state index is 16.3. The van der Waals surface area contributed by atoms with Crippen LogP contribution in [0, 0.1) is 5.92 Å². The van der Waals surface area contributed by atoms with E-state index < -0.39 is 31.6 Å². The number of carbonyl (C=O) groups excluding carboxylic acids is 2. The first-order valence-electron chi connectivity index (χ1n) is 15.6. The Labute approximate surface area is 268 Å². The number of hydrogen-bond donors (Lipinski definition) is 1. The number of ether oxygens (including phenoxy) is 3. The molecule has 0 unspecified atom stereocenters. The van der Waals surface area contributed by atoms with Gasteiger partial charge in [-0.2, -0.15) is 0 Å². The highest BCUT2D eigenvalue weighted by molar-refractivity contribution is 6.72. The first-order valence-corrected chi connectivity index (χ1v) is 18.6. The van der Waals surface area contributed by atoms with Gasteiger partial charge >= 0.3 is 5.97 Å². The zero-order valence-electron chi connectivity index (χ0n) is 26.9. The summed E-state index contributed by atoms with van der Waals surface area (Å²) in [5.74, 6) is -0.942. The molecule has 0 bridgehead atoms. The molecule has 1 N–H and O–H groups in total. The van der Waals surface area contributed by atoms with E-state index >= 15 is 4.11 Å². The van der Waals surface area contributed by atoms with Crippen LogP contribution in [0.1, 0.15) is 43.9 Å².